The van der Waals surface area contributed by atoms with E-state index < -0.39 is 11.5 Å². The molecule has 1 amide bonds. The van der Waals surface area contributed by atoms with E-state index in [0.29, 0.717) is 18.4 Å². The van der Waals surface area contributed by atoms with Crippen LogP contribution in [-0.4, -0.2) is 22.2 Å². The van der Waals surface area contributed by atoms with Gasteiger partial charge in [0.25, 0.3) is 11.5 Å². The average Bonchev–Trinajstić information content (AvgIpc) is 2.55. The molecule has 1 aromatic carbocycles. The molecule has 0 radical (unpaired) electrons. The van der Waals surface area contributed by atoms with E-state index in [2.05, 4.69) is 31.4 Å². The van der Waals surface area contributed by atoms with E-state index in [4.69, 9.17) is 0 Å². The lowest BCUT2D eigenvalue weighted by atomic mass is 9.94. The minimum atomic E-state index is -0.728. The van der Waals surface area contributed by atoms with E-state index in [1.54, 1.807) is 0 Å². The third kappa shape index (κ3) is 3.41. The van der Waals surface area contributed by atoms with E-state index in [1.807, 2.05) is 24.3 Å². The molecule has 0 aliphatic heterocycles. The van der Waals surface area contributed by atoms with Gasteiger partial charge < -0.3 is 10.1 Å². The van der Waals surface area contributed by atoms with Gasteiger partial charge in [-0.2, -0.15) is 5.10 Å². The summed E-state index contributed by atoms with van der Waals surface area (Å²) in [5.74, 6) is -0.961. The highest BCUT2D eigenvalue weighted by molar-refractivity contribution is 9.10. The summed E-state index contributed by atoms with van der Waals surface area (Å²) in [5, 5.41) is 14.1. The molecule has 0 fully saturated rings. The zero-order valence-corrected chi connectivity index (χ0v) is 14.4. The van der Waals surface area contributed by atoms with Crippen LogP contribution in [0.4, 0.5) is 0 Å². The zero-order valence-electron chi connectivity index (χ0n) is 12.8. The van der Waals surface area contributed by atoms with Crippen molar-refractivity contribution < 1.29 is 9.90 Å². The number of carbonyl (C=O) groups is 1. The Balaban J connectivity index is 1.81. The predicted molar refractivity (Wildman–Crippen MR) is 94.6 cm³/mol. The van der Waals surface area contributed by atoms with Crippen LogP contribution in [-0.2, 0) is 12.8 Å². The lowest BCUT2D eigenvalue weighted by molar-refractivity contribution is 0.0950. The molecule has 1 aliphatic rings. The van der Waals surface area contributed by atoms with Gasteiger partial charge in [0.05, 0.1) is 6.21 Å². The van der Waals surface area contributed by atoms with Crippen molar-refractivity contribution in [2.45, 2.75) is 25.7 Å². The molecule has 0 saturated carbocycles. The number of fused-ring (bicyclic) bond motifs is 1. The highest BCUT2D eigenvalue weighted by Crippen LogP contribution is 2.28. The van der Waals surface area contributed by atoms with Crippen molar-refractivity contribution >= 4 is 28.1 Å². The van der Waals surface area contributed by atoms with E-state index in [9.17, 15) is 14.7 Å². The highest BCUT2D eigenvalue weighted by atomic mass is 79.9. The van der Waals surface area contributed by atoms with Crippen LogP contribution < -0.4 is 11.0 Å². The summed E-state index contributed by atoms with van der Waals surface area (Å²) in [4.78, 5) is 27.0. The number of aromatic nitrogens is 1. The topological polar surface area (TPSA) is 94.5 Å². The van der Waals surface area contributed by atoms with Crippen LogP contribution in [0.2, 0.25) is 0 Å². The Bertz CT molecular complexity index is 874. The van der Waals surface area contributed by atoms with Crippen molar-refractivity contribution in [2.24, 2.45) is 5.10 Å². The third-order valence-corrected chi connectivity index (χ3v) is 4.43. The van der Waals surface area contributed by atoms with E-state index in [0.717, 1.165) is 28.6 Å². The smallest absolute Gasteiger partial charge is 0.280 e. The fraction of sp³-hybridized carbons (Fsp3) is 0.235. The second-order valence-corrected chi connectivity index (χ2v) is 6.51. The van der Waals surface area contributed by atoms with Crippen LogP contribution in [0.25, 0.3) is 0 Å². The summed E-state index contributed by atoms with van der Waals surface area (Å²) in [6.07, 6.45) is 4.71. The van der Waals surface area contributed by atoms with Gasteiger partial charge in [-0.05, 0) is 43.4 Å². The maximum absolute atomic E-state index is 12.2. The molecule has 0 atom stereocenters. The normalized spacial score (nSPS) is 13.7. The molecule has 24 heavy (non-hydrogen) atoms. The first-order valence-corrected chi connectivity index (χ1v) is 8.41. The molecule has 7 heteroatoms. The van der Waals surface area contributed by atoms with Crippen molar-refractivity contribution in [3.8, 4) is 5.75 Å². The predicted octanol–water partition coefficient (Wildman–Crippen LogP) is 2.49. The Morgan fingerprint density at radius 1 is 1.33 bits per heavy atom. The number of hydrazone groups is 1. The number of H-pyrrole nitrogens is 1. The standard InChI is InChI=1S/C17H16BrN3O3/c18-11-5-3-4-10(8-11)9-19-21-17(24)14-15(22)12-6-1-2-7-13(12)20-16(14)23/h3-5,8-9H,1-2,6-7H2,(H,21,24)(H2,20,22,23)/b19-9-. The van der Waals surface area contributed by atoms with Crippen LogP contribution in [0.3, 0.4) is 0 Å². The van der Waals surface area contributed by atoms with Gasteiger partial charge in [-0.1, -0.05) is 28.1 Å². The van der Waals surface area contributed by atoms with Gasteiger partial charge in [0.1, 0.15) is 11.3 Å². The molecule has 124 valence electrons. The molecule has 3 rings (SSSR count). The molecule has 1 aliphatic carbocycles. The Morgan fingerprint density at radius 3 is 2.92 bits per heavy atom. The Hall–Kier alpha value is -2.41. The lowest BCUT2D eigenvalue weighted by Gasteiger charge is -2.17. The number of hydrogen-bond donors (Lipinski definition) is 3. The summed E-state index contributed by atoms with van der Waals surface area (Å²) in [6, 6.07) is 7.37. The van der Waals surface area contributed by atoms with Crippen molar-refractivity contribution in [1.82, 2.24) is 10.4 Å². The largest absolute Gasteiger partial charge is 0.507 e. The first-order chi connectivity index (χ1) is 11.6. The number of pyridine rings is 1. The van der Waals surface area contributed by atoms with Crippen LogP contribution in [0.1, 0.15) is 40.0 Å². The minimum absolute atomic E-state index is 0.233. The summed E-state index contributed by atoms with van der Waals surface area (Å²) in [5.41, 5.74) is 3.57. The van der Waals surface area contributed by atoms with Gasteiger partial charge in [0, 0.05) is 15.7 Å². The van der Waals surface area contributed by atoms with Gasteiger partial charge in [0.15, 0.2) is 0 Å². The summed E-state index contributed by atoms with van der Waals surface area (Å²) >= 11 is 3.35. The maximum atomic E-state index is 12.2. The number of carbonyl (C=O) groups excluding carboxylic acids is 1. The molecule has 0 bridgehead atoms. The molecule has 0 spiro atoms. The van der Waals surface area contributed by atoms with Gasteiger partial charge in [-0.3, -0.25) is 9.59 Å². The Labute approximate surface area is 146 Å². The zero-order chi connectivity index (χ0) is 17.1. The first-order valence-electron chi connectivity index (χ1n) is 7.62. The Kier molecular flexibility index (Phi) is 4.80. The quantitative estimate of drug-likeness (QED) is 0.555. The molecule has 3 N–H and O–H groups in total. The number of halogens is 1. The van der Waals surface area contributed by atoms with Gasteiger partial charge in [-0.15, -0.1) is 0 Å². The number of aryl methyl sites for hydroxylation is 1. The number of nitrogens with one attached hydrogen (secondary N) is 2. The molecule has 0 unspecified atom stereocenters. The van der Waals surface area contributed by atoms with E-state index in [-0.39, 0.29) is 11.3 Å². The number of amides is 1. The van der Waals surface area contributed by atoms with Crippen molar-refractivity contribution in [3.63, 3.8) is 0 Å². The van der Waals surface area contributed by atoms with Crippen LogP contribution >= 0.6 is 15.9 Å². The van der Waals surface area contributed by atoms with Crippen LogP contribution in [0, 0.1) is 0 Å². The average molecular weight is 390 g/mol. The van der Waals surface area contributed by atoms with Crippen LogP contribution in [0.5, 0.6) is 5.75 Å². The molecule has 0 saturated heterocycles. The van der Waals surface area contributed by atoms with Crippen molar-refractivity contribution in [2.75, 3.05) is 0 Å². The molecule has 1 heterocycles. The highest BCUT2D eigenvalue weighted by Gasteiger charge is 2.23. The van der Waals surface area contributed by atoms with Crippen molar-refractivity contribution in [3.05, 3.63) is 61.5 Å². The number of nitrogens with zero attached hydrogens (tertiary/aromatic N) is 1. The maximum Gasteiger partial charge on any atom is 0.280 e. The van der Waals surface area contributed by atoms with Gasteiger partial charge >= 0.3 is 0 Å². The number of aromatic hydroxyl groups is 1. The summed E-state index contributed by atoms with van der Waals surface area (Å²) in [6.45, 7) is 0. The first kappa shape index (κ1) is 16.4. The monoisotopic (exact) mass is 389 g/mol. The minimum Gasteiger partial charge on any atom is -0.507 e. The number of aromatic amines is 1. The Morgan fingerprint density at radius 2 is 2.12 bits per heavy atom. The second kappa shape index (κ2) is 7.00. The summed E-state index contributed by atoms with van der Waals surface area (Å²) in [7, 11) is 0. The van der Waals surface area contributed by atoms with E-state index >= 15 is 0 Å². The molecular weight excluding hydrogens is 374 g/mol. The fourth-order valence-corrected chi connectivity index (χ4v) is 3.20. The van der Waals surface area contributed by atoms with Gasteiger partial charge in [-0.25, -0.2) is 5.43 Å². The van der Waals surface area contributed by atoms with Gasteiger partial charge in [0.2, 0.25) is 0 Å². The SMILES string of the molecule is O=C(N/N=C\c1cccc(Br)c1)c1c(O)c2c([nH]c1=O)CCCC2. The fourth-order valence-electron chi connectivity index (χ4n) is 2.78. The van der Waals surface area contributed by atoms with Crippen LogP contribution in [0.15, 0.2) is 38.6 Å². The second-order valence-electron chi connectivity index (χ2n) is 5.60. The third-order valence-electron chi connectivity index (χ3n) is 3.94. The van der Waals surface area contributed by atoms with Crippen molar-refractivity contribution in [1.29, 1.82) is 0 Å². The van der Waals surface area contributed by atoms with E-state index in [1.165, 1.54) is 6.21 Å². The lowest BCUT2D eigenvalue weighted by Crippen LogP contribution is -2.29. The molecule has 2 aromatic rings. The summed E-state index contributed by atoms with van der Waals surface area (Å²) < 4.78 is 0.890. The number of hydrogen-bond acceptors (Lipinski definition) is 4. The molecular formula is C17H16BrN3O3. The molecule has 6 nitrogen and oxygen atoms in total. The number of rotatable bonds is 3. The molecule has 1 aromatic heterocycles. The number of benzene rings is 1.